The van der Waals surface area contributed by atoms with Crippen LogP contribution in [0.1, 0.15) is 48.1 Å². The summed E-state index contributed by atoms with van der Waals surface area (Å²) >= 11 is 0. The van der Waals surface area contributed by atoms with Gasteiger partial charge in [0.05, 0.1) is 13.2 Å². The fourth-order valence-electron chi connectivity index (χ4n) is 3.98. The Morgan fingerprint density at radius 3 is 2.35 bits per heavy atom. The zero-order valence-corrected chi connectivity index (χ0v) is 17.9. The minimum atomic E-state index is -0.401. The number of methoxy groups -OCH3 is 1. The first-order valence-corrected chi connectivity index (χ1v) is 10.4. The number of aromatic nitrogens is 1. The summed E-state index contributed by atoms with van der Waals surface area (Å²) in [6.45, 7) is 4.65. The second-order valence-corrected chi connectivity index (χ2v) is 8.01. The summed E-state index contributed by atoms with van der Waals surface area (Å²) in [5, 5.41) is 10.9. The van der Waals surface area contributed by atoms with E-state index in [1.807, 2.05) is 48.5 Å². The highest BCUT2D eigenvalue weighted by molar-refractivity contribution is 6.05. The molecule has 0 aliphatic carbocycles. The fraction of sp³-hybridized carbons (Fsp3) is 0.231. The quantitative estimate of drug-likeness (QED) is 0.597. The smallest absolute Gasteiger partial charge is 0.290 e. The van der Waals surface area contributed by atoms with Crippen LogP contribution in [-0.2, 0) is 11.3 Å². The Bertz CT molecular complexity index is 1090. The average Bonchev–Trinajstić information content (AvgIpc) is 3.05. The minimum absolute atomic E-state index is 0.216. The number of hydrogen-bond acceptors (Lipinski definition) is 4. The lowest BCUT2D eigenvalue weighted by atomic mass is 9.91. The highest BCUT2D eigenvalue weighted by Gasteiger charge is 2.41. The van der Waals surface area contributed by atoms with E-state index in [2.05, 4.69) is 31.0 Å². The van der Waals surface area contributed by atoms with E-state index in [0.29, 0.717) is 18.0 Å². The Morgan fingerprint density at radius 1 is 1.06 bits per heavy atom. The first-order chi connectivity index (χ1) is 15.0. The number of carbonyl (C=O) groups excluding carboxylic acids is 1. The standard InChI is InChI=1S/C26H26N2O3/c1-17(2)19-6-8-21(9-7-19)24-23(20-10-12-22(31-3)13-11-20)25(29)26(30)28(24)16-18-5-4-14-27-15-18/h4-15,17,24,29H,16H2,1-3H3/t24-/m0/s1. The van der Waals surface area contributed by atoms with Crippen molar-refractivity contribution < 1.29 is 14.6 Å². The van der Waals surface area contributed by atoms with Crippen molar-refractivity contribution in [2.45, 2.75) is 32.4 Å². The number of aliphatic hydroxyl groups is 1. The summed E-state index contributed by atoms with van der Waals surface area (Å²) in [7, 11) is 1.61. The molecule has 5 nitrogen and oxygen atoms in total. The molecule has 0 spiro atoms. The van der Waals surface area contributed by atoms with Gasteiger partial charge in [-0.05, 0) is 46.4 Å². The lowest BCUT2D eigenvalue weighted by Gasteiger charge is -2.27. The second kappa shape index (κ2) is 8.64. The Morgan fingerprint density at radius 2 is 1.77 bits per heavy atom. The number of aliphatic hydroxyl groups excluding tert-OH is 1. The van der Waals surface area contributed by atoms with E-state index in [0.717, 1.165) is 22.4 Å². The van der Waals surface area contributed by atoms with Gasteiger partial charge >= 0.3 is 0 Å². The van der Waals surface area contributed by atoms with E-state index >= 15 is 0 Å². The summed E-state index contributed by atoms with van der Waals surface area (Å²) in [4.78, 5) is 19.0. The molecule has 2 heterocycles. The predicted octanol–water partition coefficient (Wildman–Crippen LogP) is 5.27. The van der Waals surface area contributed by atoms with Crippen LogP contribution in [0, 0.1) is 0 Å². The Labute approximate surface area is 182 Å². The molecular formula is C26H26N2O3. The highest BCUT2D eigenvalue weighted by Crippen LogP contribution is 2.44. The molecule has 1 aliphatic heterocycles. The van der Waals surface area contributed by atoms with Crippen LogP contribution in [0.15, 0.2) is 78.8 Å². The molecule has 1 atom stereocenters. The van der Waals surface area contributed by atoms with Gasteiger partial charge in [-0.15, -0.1) is 0 Å². The highest BCUT2D eigenvalue weighted by atomic mass is 16.5. The number of nitrogens with zero attached hydrogens (tertiary/aromatic N) is 2. The van der Waals surface area contributed by atoms with E-state index in [1.54, 1.807) is 24.4 Å². The van der Waals surface area contributed by atoms with Crippen LogP contribution in [-0.4, -0.2) is 28.0 Å². The van der Waals surface area contributed by atoms with Gasteiger partial charge in [0.15, 0.2) is 5.76 Å². The molecule has 1 amide bonds. The van der Waals surface area contributed by atoms with Gasteiger partial charge in [0.25, 0.3) is 5.91 Å². The second-order valence-electron chi connectivity index (χ2n) is 8.01. The van der Waals surface area contributed by atoms with Crippen LogP contribution in [0.25, 0.3) is 5.57 Å². The maximum Gasteiger partial charge on any atom is 0.290 e. The van der Waals surface area contributed by atoms with Crippen LogP contribution in [0.3, 0.4) is 0 Å². The molecule has 158 valence electrons. The van der Waals surface area contributed by atoms with E-state index < -0.39 is 6.04 Å². The van der Waals surface area contributed by atoms with E-state index in [4.69, 9.17) is 4.74 Å². The monoisotopic (exact) mass is 414 g/mol. The average molecular weight is 415 g/mol. The van der Waals surface area contributed by atoms with Gasteiger partial charge in [-0.25, -0.2) is 0 Å². The molecule has 0 fully saturated rings. The number of benzene rings is 2. The molecule has 2 aromatic carbocycles. The maximum absolute atomic E-state index is 13.1. The topological polar surface area (TPSA) is 62.7 Å². The summed E-state index contributed by atoms with van der Waals surface area (Å²) in [5.74, 6) is 0.536. The predicted molar refractivity (Wildman–Crippen MR) is 121 cm³/mol. The summed E-state index contributed by atoms with van der Waals surface area (Å²) in [6.07, 6.45) is 3.45. The summed E-state index contributed by atoms with van der Waals surface area (Å²) in [5.41, 5.74) is 4.48. The first kappa shape index (κ1) is 20.7. The number of ether oxygens (including phenoxy) is 1. The molecule has 0 unspecified atom stereocenters. The third-order valence-electron chi connectivity index (χ3n) is 5.70. The normalized spacial score (nSPS) is 16.3. The molecule has 4 rings (SSSR count). The van der Waals surface area contributed by atoms with Gasteiger partial charge in [-0.1, -0.05) is 56.3 Å². The molecule has 0 saturated heterocycles. The van der Waals surface area contributed by atoms with Crippen molar-refractivity contribution in [2.24, 2.45) is 0 Å². The van der Waals surface area contributed by atoms with E-state index in [1.165, 1.54) is 5.56 Å². The number of hydrogen-bond donors (Lipinski definition) is 1. The molecule has 0 bridgehead atoms. The van der Waals surface area contributed by atoms with Gasteiger partial charge in [-0.3, -0.25) is 9.78 Å². The van der Waals surface area contributed by atoms with E-state index in [9.17, 15) is 9.90 Å². The van der Waals surface area contributed by atoms with Gasteiger partial charge < -0.3 is 14.7 Å². The molecule has 1 aromatic heterocycles. The molecule has 3 aromatic rings. The van der Waals surface area contributed by atoms with Crippen molar-refractivity contribution in [3.63, 3.8) is 0 Å². The van der Waals surface area contributed by atoms with Gasteiger partial charge in [0.1, 0.15) is 5.75 Å². The number of amides is 1. The van der Waals surface area contributed by atoms with Gasteiger partial charge in [0, 0.05) is 24.5 Å². The van der Waals surface area contributed by atoms with Crippen LogP contribution < -0.4 is 4.74 Å². The van der Waals surface area contributed by atoms with Crippen molar-refractivity contribution in [1.82, 2.24) is 9.88 Å². The van der Waals surface area contributed by atoms with Crippen molar-refractivity contribution >= 4 is 11.5 Å². The molecule has 0 radical (unpaired) electrons. The zero-order chi connectivity index (χ0) is 22.0. The molecule has 1 aliphatic rings. The largest absolute Gasteiger partial charge is 0.503 e. The Kier molecular flexibility index (Phi) is 5.76. The SMILES string of the molecule is COc1ccc(C2=C(O)C(=O)N(Cc3cccnc3)[C@H]2c2ccc(C(C)C)cc2)cc1. The maximum atomic E-state index is 13.1. The molecule has 1 N–H and O–H groups in total. The third kappa shape index (κ3) is 4.04. The van der Waals surface area contributed by atoms with Crippen LogP contribution in [0.5, 0.6) is 5.75 Å². The van der Waals surface area contributed by atoms with Crippen molar-refractivity contribution in [3.8, 4) is 5.75 Å². The zero-order valence-electron chi connectivity index (χ0n) is 17.9. The number of carbonyl (C=O) groups is 1. The van der Waals surface area contributed by atoms with E-state index in [-0.39, 0.29) is 11.7 Å². The fourth-order valence-corrected chi connectivity index (χ4v) is 3.98. The third-order valence-corrected chi connectivity index (χ3v) is 5.70. The first-order valence-electron chi connectivity index (χ1n) is 10.4. The van der Waals surface area contributed by atoms with Crippen LogP contribution in [0.4, 0.5) is 0 Å². The molecule has 5 heteroatoms. The minimum Gasteiger partial charge on any atom is -0.503 e. The lowest BCUT2D eigenvalue weighted by Crippen LogP contribution is -2.29. The number of rotatable bonds is 6. The Hall–Kier alpha value is -3.60. The Balaban J connectivity index is 1.79. The molecule has 31 heavy (non-hydrogen) atoms. The van der Waals surface area contributed by atoms with Gasteiger partial charge in [-0.2, -0.15) is 0 Å². The van der Waals surface area contributed by atoms with Crippen molar-refractivity contribution in [1.29, 1.82) is 0 Å². The lowest BCUT2D eigenvalue weighted by molar-refractivity contribution is -0.130. The van der Waals surface area contributed by atoms with Crippen molar-refractivity contribution in [2.75, 3.05) is 7.11 Å². The van der Waals surface area contributed by atoms with Crippen molar-refractivity contribution in [3.05, 3.63) is 101 Å². The molecular weight excluding hydrogens is 388 g/mol. The van der Waals surface area contributed by atoms with Gasteiger partial charge in [0.2, 0.25) is 0 Å². The van der Waals surface area contributed by atoms with Crippen LogP contribution in [0.2, 0.25) is 0 Å². The summed E-state index contributed by atoms with van der Waals surface area (Å²) < 4.78 is 5.26. The number of pyridine rings is 1. The molecule has 0 saturated carbocycles. The summed E-state index contributed by atoms with van der Waals surface area (Å²) in [6, 6.07) is 19.1. The van der Waals surface area contributed by atoms with Crippen LogP contribution >= 0.6 is 0 Å².